The standard InChI is InChI=1S/C24H36FN3O7S2/c1-16-10-22(26-37(33,34)27(2)12-17-14-36(31,32)15-17)23(28(16)24(29)30)13-35-21-8-6-18(7-9-21)19-4-3-5-20(25)11-19/h3-5,11,16-18,21-23,26H,6-10,12-15H2,1-2H3,(H,29,30)/t16-,18?,21?,22+,23+/m1/s1. The lowest BCUT2D eigenvalue weighted by Crippen LogP contribution is -2.54. The fraction of sp³-hybridized carbons (Fsp3) is 0.708. The van der Waals surface area contributed by atoms with Gasteiger partial charge in [0.2, 0.25) is 0 Å². The van der Waals surface area contributed by atoms with Gasteiger partial charge in [-0.15, -0.1) is 0 Å². The molecule has 0 unspecified atom stereocenters. The van der Waals surface area contributed by atoms with E-state index in [2.05, 4.69) is 4.72 Å². The van der Waals surface area contributed by atoms with Crippen molar-refractivity contribution in [1.29, 1.82) is 0 Å². The molecule has 3 aliphatic rings. The van der Waals surface area contributed by atoms with Gasteiger partial charge < -0.3 is 9.84 Å². The summed E-state index contributed by atoms with van der Waals surface area (Å²) < 4.78 is 72.3. The summed E-state index contributed by atoms with van der Waals surface area (Å²) in [5.41, 5.74) is 0.971. The van der Waals surface area contributed by atoms with E-state index in [1.807, 2.05) is 6.07 Å². The second-order valence-corrected chi connectivity index (χ2v) is 14.6. The molecule has 0 spiro atoms. The van der Waals surface area contributed by atoms with E-state index in [0.717, 1.165) is 35.6 Å². The van der Waals surface area contributed by atoms with Crippen LogP contribution in [0.25, 0.3) is 0 Å². The highest BCUT2D eigenvalue weighted by Crippen LogP contribution is 2.35. The molecule has 1 aliphatic carbocycles. The Balaban J connectivity index is 1.35. The van der Waals surface area contributed by atoms with Crippen LogP contribution in [0, 0.1) is 11.7 Å². The predicted octanol–water partition coefficient (Wildman–Crippen LogP) is 2.19. The van der Waals surface area contributed by atoms with E-state index >= 15 is 0 Å². The molecular formula is C24H36FN3O7S2. The molecule has 0 aromatic heterocycles. The third kappa shape index (κ3) is 6.80. The Morgan fingerprint density at radius 2 is 1.92 bits per heavy atom. The maximum Gasteiger partial charge on any atom is 0.407 e. The Bertz CT molecular complexity index is 1180. The highest BCUT2D eigenvalue weighted by Gasteiger charge is 2.45. The molecule has 208 valence electrons. The predicted molar refractivity (Wildman–Crippen MR) is 136 cm³/mol. The van der Waals surface area contributed by atoms with Gasteiger partial charge in [-0.1, -0.05) is 12.1 Å². The number of ether oxygens (including phenoxy) is 1. The van der Waals surface area contributed by atoms with Crippen molar-refractivity contribution in [2.24, 2.45) is 5.92 Å². The van der Waals surface area contributed by atoms with Crippen molar-refractivity contribution < 1.29 is 35.9 Å². The Morgan fingerprint density at radius 3 is 2.51 bits per heavy atom. The lowest BCUT2D eigenvalue weighted by molar-refractivity contribution is -0.00709. The summed E-state index contributed by atoms with van der Waals surface area (Å²) in [5.74, 6) is -0.308. The number of benzene rings is 1. The lowest BCUT2D eigenvalue weighted by atomic mass is 9.82. The van der Waals surface area contributed by atoms with Crippen LogP contribution in [0.15, 0.2) is 24.3 Å². The van der Waals surface area contributed by atoms with Crippen LogP contribution in [-0.4, -0.2) is 93.2 Å². The summed E-state index contributed by atoms with van der Waals surface area (Å²) in [6.45, 7) is 1.88. The van der Waals surface area contributed by atoms with Crippen molar-refractivity contribution in [1.82, 2.24) is 13.9 Å². The third-order valence-electron chi connectivity index (χ3n) is 7.81. The Hall–Kier alpha value is -1.80. The molecule has 1 amide bonds. The van der Waals surface area contributed by atoms with Crippen LogP contribution in [0.2, 0.25) is 0 Å². The fourth-order valence-corrected chi connectivity index (χ4v) is 8.66. The molecule has 2 aliphatic heterocycles. The second-order valence-electron chi connectivity index (χ2n) is 10.7. The monoisotopic (exact) mass is 561 g/mol. The average molecular weight is 562 g/mol. The zero-order valence-corrected chi connectivity index (χ0v) is 22.8. The van der Waals surface area contributed by atoms with E-state index in [-0.39, 0.29) is 48.4 Å². The van der Waals surface area contributed by atoms with Crippen LogP contribution in [0.5, 0.6) is 0 Å². The van der Waals surface area contributed by atoms with Gasteiger partial charge in [-0.05, 0) is 62.6 Å². The molecule has 4 rings (SSSR count). The third-order valence-corrected chi connectivity index (χ3v) is 11.3. The number of hydrogen-bond acceptors (Lipinski definition) is 6. The molecule has 2 heterocycles. The van der Waals surface area contributed by atoms with Gasteiger partial charge in [-0.3, -0.25) is 4.90 Å². The SMILES string of the molecule is C[C@@H]1C[C@H](NS(=O)(=O)N(C)CC2CS(=O)(=O)C2)[C@H](COC2CCC(c3cccc(F)c3)CC2)N1C(=O)O. The van der Waals surface area contributed by atoms with Gasteiger partial charge in [-0.2, -0.15) is 17.4 Å². The topological polar surface area (TPSA) is 133 Å². The summed E-state index contributed by atoms with van der Waals surface area (Å²) in [5, 5.41) is 9.80. The maximum atomic E-state index is 13.6. The number of rotatable bonds is 9. The first-order valence-corrected chi connectivity index (χ1v) is 15.9. The van der Waals surface area contributed by atoms with Crippen LogP contribution < -0.4 is 4.72 Å². The summed E-state index contributed by atoms with van der Waals surface area (Å²) in [6, 6.07) is 4.86. The van der Waals surface area contributed by atoms with E-state index in [1.54, 1.807) is 19.1 Å². The van der Waals surface area contributed by atoms with Crippen LogP contribution in [0.4, 0.5) is 9.18 Å². The minimum Gasteiger partial charge on any atom is -0.465 e. The molecule has 2 N–H and O–H groups in total. The number of sulfone groups is 1. The van der Waals surface area contributed by atoms with E-state index in [9.17, 15) is 31.1 Å². The number of hydrogen-bond donors (Lipinski definition) is 2. The first kappa shape index (κ1) is 28.2. The van der Waals surface area contributed by atoms with Gasteiger partial charge in [0.25, 0.3) is 10.2 Å². The summed E-state index contributed by atoms with van der Waals surface area (Å²) in [7, 11) is -5.63. The lowest BCUT2D eigenvalue weighted by Gasteiger charge is -2.33. The van der Waals surface area contributed by atoms with Crippen molar-refractivity contribution in [2.45, 2.75) is 69.2 Å². The van der Waals surface area contributed by atoms with Crippen LogP contribution in [0.3, 0.4) is 0 Å². The Morgan fingerprint density at radius 1 is 1.24 bits per heavy atom. The van der Waals surface area contributed by atoms with Gasteiger partial charge in [0.1, 0.15) is 5.82 Å². The van der Waals surface area contributed by atoms with E-state index < -0.39 is 44.3 Å². The van der Waals surface area contributed by atoms with Gasteiger partial charge in [0.15, 0.2) is 9.84 Å². The van der Waals surface area contributed by atoms with Crippen LogP contribution in [-0.2, 0) is 24.8 Å². The van der Waals surface area contributed by atoms with Crippen molar-refractivity contribution >= 4 is 26.1 Å². The maximum absolute atomic E-state index is 13.6. The van der Waals surface area contributed by atoms with Gasteiger partial charge in [0.05, 0.1) is 30.3 Å². The number of nitrogens with zero attached hydrogens (tertiary/aromatic N) is 2. The Kier molecular flexibility index (Phi) is 8.49. The largest absolute Gasteiger partial charge is 0.465 e. The number of nitrogens with one attached hydrogen (secondary N) is 1. The number of halogens is 1. The highest BCUT2D eigenvalue weighted by molar-refractivity contribution is 7.92. The quantitative estimate of drug-likeness (QED) is 0.472. The first-order chi connectivity index (χ1) is 17.3. The molecule has 3 fully saturated rings. The van der Waals surface area contributed by atoms with Gasteiger partial charge >= 0.3 is 6.09 Å². The molecule has 0 bridgehead atoms. The Labute approximate surface area is 218 Å². The molecular weight excluding hydrogens is 525 g/mol. The smallest absolute Gasteiger partial charge is 0.407 e. The second kappa shape index (κ2) is 11.1. The zero-order chi connectivity index (χ0) is 27.0. The van der Waals surface area contributed by atoms with Crippen molar-refractivity contribution in [2.75, 3.05) is 31.7 Å². The molecule has 1 aromatic rings. The first-order valence-electron chi connectivity index (χ1n) is 12.7. The van der Waals surface area contributed by atoms with Crippen molar-refractivity contribution in [3.63, 3.8) is 0 Å². The van der Waals surface area contributed by atoms with Crippen molar-refractivity contribution in [3.8, 4) is 0 Å². The van der Waals surface area contributed by atoms with E-state index in [0.29, 0.717) is 6.42 Å². The number of carboxylic acid groups (broad SMARTS) is 1. The van der Waals surface area contributed by atoms with Crippen molar-refractivity contribution in [3.05, 3.63) is 35.6 Å². The van der Waals surface area contributed by atoms with E-state index in [1.165, 1.54) is 18.0 Å². The minimum atomic E-state index is -3.96. The molecule has 13 heteroatoms. The summed E-state index contributed by atoms with van der Waals surface area (Å²) in [4.78, 5) is 13.2. The van der Waals surface area contributed by atoms with Crippen LogP contribution >= 0.6 is 0 Å². The molecule has 0 radical (unpaired) electrons. The molecule has 3 atom stereocenters. The summed E-state index contributed by atoms with van der Waals surface area (Å²) >= 11 is 0. The number of likely N-dealkylation sites (tertiary alicyclic amines) is 1. The van der Waals surface area contributed by atoms with E-state index in [4.69, 9.17) is 4.74 Å². The number of carbonyl (C=O) groups is 1. The normalized spacial score (nSPS) is 30.4. The molecule has 10 nitrogen and oxygen atoms in total. The minimum absolute atomic E-state index is 0.0297. The molecule has 37 heavy (non-hydrogen) atoms. The summed E-state index contributed by atoms with van der Waals surface area (Å²) in [6.07, 6.45) is 2.24. The average Bonchev–Trinajstić information content (AvgIpc) is 3.10. The van der Waals surface area contributed by atoms with Crippen LogP contribution in [0.1, 0.15) is 50.5 Å². The molecule has 2 saturated heterocycles. The van der Waals surface area contributed by atoms with Gasteiger partial charge in [0, 0.05) is 31.6 Å². The molecule has 1 aromatic carbocycles. The van der Waals surface area contributed by atoms with Gasteiger partial charge in [-0.25, -0.2) is 17.6 Å². The zero-order valence-electron chi connectivity index (χ0n) is 21.1. The number of amides is 1. The fourth-order valence-electron chi connectivity index (χ4n) is 5.89. The molecule has 1 saturated carbocycles. The highest BCUT2D eigenvalue weighted by atomic mass is 32.2.